The molecule has 2 heterocycles. The van der Waals surface area contributed by atoms with E-state index in [0.717, 1.165) is 56.5 Å². The molecule has 0 saturated carbocycles. The average Bonchev–Trinajstić information content (AvgIpc) is 2.93. The van der Waals surface area contributed by atoms with E-state index in [9.17, 15) is 9.90 Å². The predicted octanol–water partition coefficient (Wildman–Crippen LogP) is 2.94. The molecule has 2 aromatic rings. The number of hydrogen-bond acceptors (Lipinski definition) is 3. The number of aromatic nitrogens is 1. The van der Waals surface area contributed by atoms with E-state index in [1.165, 1.54) is 11.2 Å². The molecule has 2 amide bonds. The number of benzene rings is 1. The van der Waals surface area contributed by atoms with Crippen LogP contribution in [0.15, 0.2) is 24.3 Å². The minimum absolute atomic E-state index is 0.172. The molecular formula is C20H30N4O2. The number of rotatable bonds is 6. The fourth-order valence-corrected chi connectivity index (χ4v) is 3.82. The van der Waals surface area contributed by atoms with Gasteiger partial charge in [0.2, 0.25) is 0 Å². The van der Waals surface area contributed by atoms with Gasteiger partial charge in [-0.05, 0) is 70.5 Å². The third kappa shape index (κ3) is 4.56. The van der Waals surface area contributed by atoms with E-state index in [-0.39, 0.29) is 12.1 Å². The Hall–Kier alpha value is -2.05. The van der Waals surface area contributed by atoms with Crippen LogP contribution in [-0.4, -0.2) is 52.9 Å². The lowest BCUT2D eigenvalue weighted by Gasteiger charge is -2.29. The largest absolute Gasteiger partial charge is 0.392 e. The van der Waals surface area contributed by atoms with Crippen molar-refractivity contribution in [2.75, 3.05) is 31.5 Å². The van der Waals surface area contributed by atoms with Gasteiger partial charge in [-0.3, -0.25) is 0 Å². The number of anilines is 1. The molecule has 142 valence electrons. The zero-order chi connectivity index (χ0) is 18.5. The van der Waals surface area contributed by atoms with E-state index in [1.807, 2.05) is 12.1 Å². The van der Waals surface area contributed by atoms with Crippen LogP contribution in [-0.2, 0) is 6.54 Å². The molecule has 26 heavy (non-hydrogen) atoms. The maximum atomic E-state index is 12.1. The van der Waals surface area contributed by atoms with Crippen molar-refractivity contribution in [1.82, 2.24) is 14.8 Å². The number of aliphatic hydroxyl groups is 1. The molecule has 0 unspecified atom stereocenters. The minimum Gasteiger partial charge on any atom is -0.392 e. The van der Waals surface area contributed by atoms with Crippen molar-refractivity contribution in [1.29, 1.82) is 0 Å². The molecule has 1 aromatic carbocycles. The summed E-state index contributed by atoms with van der Waals surface area (Å²) in [5, 5.41) is 16.6. The van der Waals surface area contributed by atoms with Gasteiger partial charge in [0.25, 0.3) is 0 Å². The number of nitrogens with zero attached hydrogens (tertiary/aromatic N) is 2. The highest BCUT2D eigenvalue weighted by molar-refractivity contribution is 5.93. The molecule has 1 aliphatic heterocycles. The first-order valence-corrected chi connectivity index (χ1v) is 9.62. The Balaban J connectivity index is 1.45. The molecular weight excluding hydrogens is 328 g/mol. The first-order chi connectivity index (χ1) is 12.6. The number of hydrogen-bond donors (Lipinski definition) is 3. The molecule has 1 aromatic heterocycles. The van der Waals surface area contributed by atoms with Crippen molar-refractivity contribution >= 4 is 22.6 Å². The molecule has 3 N–H and O–H groups in total. The molecule has 6 heteroatoms. The number of nitrogens with one attached hydrogen (secondary N) is 2. The van der Waals surface area contributed by atoms with E-state index in [1.54, 1.807) is 0 Å². The molecule has 1 fully saturated rings. The Morgan fingerprint density at radius 3 is 2.96 bits per heavy atom. The van der Waals surface area contributed by atoms with Crippen LogP contribution in [0.25, 0.3) is 10.9 Å². The Morgan fingerprint density at radius 2 is 2.19 bits per heavy atom. The minimum atomic E-state index is -0.193. The monoisotopic (exact) mass is 358 g/mol. The molecule has 1 atom stereocenters. The maximum Gasteiger partial charge on any atom is 0.319 e. The van der Waals surface area contributed by atoms with Crippen LogP contribution in [0.4, 0.5) is 10.5 Å². The molecule has 6 nitrogen and oxygen atoms in total. The summed E-state index contributed by atoms with van der Waals surface area (Å²) in [7, 11) is 0. The number of likely N-dealkylation sites (tertiary alicyclic amines) is 1. The third-order valence-electron chi connectivity index (χ3n) is 5.10. The summed E-state index contributed by atoms with van der Waals surface area (Å²) in [5.74, 6) is 0. The van der Waals surface area contributed by atoms with Crippen molar-refractivity contribution in [2.24, 2.45) is 0 Å². The van der Waals surface area contributed by atoms with Gasteiger partial charge >= 0.3 is 6.03 Å². The number of urea groups is 1. The molecule has 0 aliphatic carbocycles. The Bertz CT molecular complexity index is 756. The average molecular weight is 358 g/mol. The smallest absolute Gasteiger partial charge is 0.319 e. The van der Waals surface area contributed by atoms with Crippen molar-refractivity contribution in [3.63, 3.8) is 0 Å². The summed E-state index contributed by atoms with van der Waals surface area (Å²) >= 11 is 0. The van der Waals surface area contributed by atoms with E-state index < -0.39 is 0 Å². The fourth-order valence-electron chi connectivity index (χ4n) is 3.82. The second-order valence-electron chi connectivity index (χ2n) is 7.13. The lowest BCUT2D eigenvalue weighted by Crippen LogP contribution is -2.40. The number of fused-ring (bicyclic) bond motifs is 1. The van der Waals surface area contributed by atoms with Gasteiger partial charge < -0.3 is 25.2 Å². The van der Waals surface area contributed by atoms with Gasteiger partial charge in [-0.1, -0.05) is 0 Å². The second kappa shape index (κ2) is 8.56. The number of amides is 2. The molecule has 0 bridgehead atoms. The van der Waals surface area contributed by atoms with Crippen LogP contribution >= 0.6 is 0 Å². The molecule has 3 rings (SSSR count). The van der Waals surface area contributed by atoms with Gasteiger partial charge in [-0.2, -0.15) is 0 Å². The lowest BCUT2D eigenvalue weighted by atomic mass is 10.1. The zero-order valence-corrected chi connectivity index (χ0v) is 15.8. The lowest BCUT2D eigenvalue weighted by molar-refractivity contribution is 0.0703. The van der Waals surface area contributed by atoms with Gasteiger partial charge in [0.1, 0.15) is 0 Å². The second-order valence-corrected chi connectivity index (χ2v) is 7.13. The van der Waals surface area contributed by atoms with Gasteiger partial charge in [-0.15, -0.1) is 0 Å². The van der Waals surface area contributed by atoms with Crippen LogP contribution in [0, 0.1) is 6.92 Å². The first-order valence-electron chi connectivity index (χ1n) is 9.62. The highest BCUT2D eigenvalue weighted by Gasteiger charge is 2.16. The summed E-state index contributed by atoms with van der Waals surface area (Å²) < 4.78 is 2.26. The summed E-state index contributed by atoms with van der Waals surface area (Å²) in [4.78, 5) is 14.4. The Labute approximate surface area is 155 Å². The Kier molecular flexibility index (Phi) is 6.16. The molecule has 0 spiro atoms. The summed E-state index contributed by atoms with van der Waals surface area (Å²) in [6.45, 7) is 8.51. The van der Waals surface area contributed by atoms with Crippen molar-refractivity contribution < 1.29 is 9.90 Å². The SMILES string of the molecule is CCn1c(C)cc2cc(NC(=O)NCCCN3CCC[C@@H](O)C3)ccc21. The van der Waals surface area contributed by atoms with Crippen LogP contribution in [0.5, 0.6) is 0 Å². The van der Waals surface area contributed by atoms with Crippen molar-refractivity contribution in [3.8, 4) is 0 Å². The normalized spacial score (nSPS) is 18.2. The maximum absolute atomic E-state index is 12.1. The van der Waals surface area contributed by atoms with Crippen molar-refractivity contribution in [2.45, 2.75) is 45.8 Å². The Morgan fingerprint density at radius 1 is 1.35 bits per heavy atom. The van der Waals surface area contributed by atoms with E-state index in [4.69, 9.17) is 0 Å². The van der Waals surface area contributed by atoms with Gasteiger partial charge in [0.05, 0.1) is 6.10 Å². The van der Waals surface area contributed by atoms with E-state index in [2.05, 4.69) is 46.1 Å². The van der Waals surface area contributed by atoms with Gasteiger partial charge in [-0.25, -0.2) is 4.79 Å². The third-order valence-corrected chi connectivity index (χ3v) is 5.10. The fraction of sp³-hybridized carbons (Fsp3) is 0.550. The molecule has 0 radical (unpaired) electrons. The zero-order valence-electron chi connectivity index (χ0n) is 15.8. The molecule has 1 saturated heterocycles. The molecule has 1 aliphatic rings. The first kappa shape index (κ1) is 18.7. The number of aliphatic hydroxyl groups excluding tert-OH is 1. The van der Waals surface area contributed by atoms with E-state index in [0.29, 0.717) is 6.54 Å². The van der Waals surface area contributed by atoms with Crippen LogP contribution < -0.4 is 10.6 Å². The van der Waals surface area contributed by atoms with Crippen LogP contribution in [0.2, 0.25) is 0 Å². The number of β-amino-alcohol motifs (C(OH)–C–C–N with tert-alkyl or cyclic N) is 1. The van der Waals surface area contributed by atoms with Crippen LogP contribution in [0.1, 0.15) is 31.9 Å². The summed E-state index contributed by atoms with van der Waals surface area (Å²) in [6, 6.07) is 8.00. The van der Waals surface area contributed by atoms with Crippen LogP contribution in [0.3, 0.4) is 0 Å². The van der Waals surface area contributed by atoms with Gasteiger partial charge in [0.15, 0.2) is 0 Å². The number of carbonyl (C=O) groups excluding carboxylic acids is 1. The number of piperidine rings is 1. The van der Waals surface area contributed by atoms with Gasteiger partial charge in [0, 0.05) is 41.9 Å². The summed E-state index contributed by atoms with van der Waals surface area (Å²) in [5.41, 5.74) is 3.23. The van der Waals surface area contributed by atoms with Crippen molar-refractivity contribution in [3.05, 3.63) is 30.0 Å². The highest BCUT2D eigenvalue weighted by Crippen LogP contribution is 2.23. The summed E-state index contributed by atoms with van der Waals surface area (Å²) in [6.07, 6.45) is 2.65. The predicted molar refractivity (Wildman–Crippen MR) is 106 cm³/mol. The topological polar surface area (TPSA) is 69.5 Å². The number of carbonyl (C=O) groups is 1. The number of aryl methyl sites for hydroxylation is 2. The highest BCUT2D eigenvalue weighted by atomic mass is 16.3. The van der Waals surface area contributed by atoms with E-state index >= 15 is 0 Å². The quantitative estimate of drug-likeness (QED) is 0.696. The standard InChI is InChI=1S/C20H30N4O2/c1-3-24-15(2)12-16-13-17(7-8-19(16)24)22-20(26)21-9-5-11-23-10-4-6-18(25)14-23/h7-8,12-13,18,25H,3-6,9-11,14H2,1-2H3,(H2,21,22,26)/t18-/m1/s1.